The number of hydrogen-bond donors (Lipinski definition) is 0. The number of fused-ring (bicyclic) bond motifs is 1. The van der Waals surface area contributed by atoms with Gasteiger partial charge in [0.2, 0.25) is 0 Å². The highest BCUT2D eigenvalue weighted by Gasteiger charge is 2.35. The van der Waals surface area contributed by atoms with Crippen LogP contribution in [-0.2, 0) is 0 Å². The smallest absolute Gasteiger partial charge is 0.387 e. The minimum atomic E-state index is -3.10. The lowest BCUT2D eigenvalue weighted by Gasteiger charge is -2.42. The lowest BCUT2D eigenvalue weighted by Crippen LogP contribution is -2.30. The fourth-order valence-electron chi connectivity index (χ4n) is 5.54. The van der Waals surface area contributed by atoms with Crippen LogP contribution in [0.3, 0.4) is 0 Å². The number of hydrogen-bond acceptors (Lipinski definition) is 1. The van der Waals surface area contributed by atoms with E-state index in [-0.39, 0.29) is 5.56 Å². The standard InChI is InChI=1S/C25H28F4O/c1-2-15-3-4-17-12-18(6-5-16(17)11-15)19-7-9-21(22(26)13-19)20-8-10-24(23(27)14-20)30-25(28)29/h7-10,13-18,25H,2-6,11-12H2,1H3. The molecule has 1 nitrogen and oxygen atoms in total. The van der Waals surface area contributed by atoms with Gasteiger partial charge in [-0.1, -0.05) is 38.0 Å². The molecule has 0 heterocycles. The highest BCUT2D eigenvalue weighted by molar-refractivity contribution is 5.65. The summed E-state index contributed by atoms with van der Waals surface area (Å²) in [6.45, 7) is -0.819. The molecular formula is C25H28F4O. The van der Waals surface area contributed by atoms with Crippen molar-refractivity contribution in [1.82, 2.24) is 0 Å². The largest absolute Gasteiger partial charge is 0.432 e. The van der Waals surface area contributed by atoms with Crippen LogP contribution in [0.1, 0.15) is 63.4 Å². The molecule has 0 aliphatic heterocycles. The Labute approximate surface area is 175 Å². The summed E-state index contributed by atoms with van der Waals surface area (Å²) in [5.74, 6) is 0.916. The molecule has 2 aliphatic rings. The van der Waals surface area contributed by atoms with Crippen LogP contribution in [0.5, 0.6) is 5.75 Å². The SMILES string of the molecule is CCC1CCC2CC(c3ccc(-c4ccc(OC(F)F)c(F)c4)c(F)c3)CCC2C1. The van der Waals surface area contributed by atoms with E-state index in [1.807, 2.05) is 6.07 Å². The van der Waals surface area contributed by atoms with Crippen molar-refractivity contribution in [3.8, 4) is 16.9 Å². The van der Waals surface area contributed by atoms with Gasteiger partial charge in [-0.2, -0.15) is 8.78 Å². The minimum Gasteiger partial charge on any atom is -0.432 e. The van der Waals surface area contributed by atoms with Crippen LogP contribution in [0.4, 0.5) is 17.6 Å². The summed E-state index contributed by atoms with van der Waals surface area (Å²) in [5, 5.41) is 0. The van der Waals surface area contributed by atoms with E-state index in [1.165, 1.54) is 38.2 Å². The van der Waals surface area contributed by atoms with Gasteiger partial charge in [-0.25, -0.2) is 8.78 Å². The fourth-order valence-corrected chi connectivity index (χ4v) is 5.54. The second-order valence-corrected chi connectivity index (χ2v) is 8.88. The van der Waals surface area contributed by atoms with Gasteiger partial charge in [-0.05, 0) is 85.1 Å². The maximum atomic E-state index is 14.9. The van der Waals surface area contributed by atoms with E-state index < -0.39 is 24.0 Å². The van der Waals surface area contributed by atoms with Crippen LogP contribution in [0.2, 0.25) is 0 Å². The summed E-state index contributed by atoms with van der Waals surface area (Å²) in [6, 6.07) is 8.72. The third kappa shape index (κ3) is 4.50. The molecule has 0 amide bonds. The van der Waals surface area contributed by atoms with Gasteiger partial charge in [0, 0.05) is 5.56 Å². The van der Waals surface area contributed by atoms with E-state index in [2.05, 4.69) is 11.7 Å². The first-order chi connectivity index (χ1) is 14.4. The quantitative estimate of drug-likeness (QED) is 0.446. The maximum absolute atomic E-state index is 14.9. The summed E-state index contributed by atoms with van der Waals surface area (Å²) in [7, 11) is 0. The second kappa shape index (κ2) is 8.99. The Hall–Kier alpha value is -2.04. The van der Waals surface area contributed by atoms with Crippen LogP contribution in [0.15, 0.2) is 36.4 Å². The van der Waals surface area contributed by atoms with Gasteiger partial charge in [-0.3, -0.25) is 0 Å². The molecule has 0 bridgehead atoms. The topological polar surface area (TPSA) is 9.23 Å². The number of halogens is 4. The predicted molar refractivity (Wildman–Crippen MR) is 110 cm³/mol. The van der Waals surface area contributed by atoms with E-state index in [1.54, 1.807) is 12.1 Å². The molecule has 0 aromatic heterocycles. The molecule has 5 heteroatoms. The molecule has 4 rings (SSSR count). The molecule has 2 fully saturated rings. The van der Waals surface area contributed by atoms with Crippen molar-refractivity contribution < 1.29 is 22.3 Å². The molecule has 0 saturated heterocycles. The van der Waals surface area contributed by atoms with Crippen molar-refractivity contribution >= 4 is 0 Å². The molecule has 0 spiro atoms. The van der Waals surface area contributed by atoms with Crippen molar-refractivity contribution in [3.05, 3.63) is 53.6 Å². The van der Waals surface area contributed by atoms with Crippen LogP contribution < -0.4 is 4.74 Å². The molecule has 162 valence electrons. The van der Waals surface area contributed by atoms with Crippen LogP contribution >= 0.6 is 0 Å². The Bertz CT molecular complexity index is 881. The molecule has 4 atom stereocenters. The normalized spacial score (nSPS) is 26.5. The minimum absolute atomic E-state index is 0.262. The van der Waals surface area contributed by atoms with Gasteiger partial charge in [-0.15, -0.1) is 0 Å². The average molecular weight is 420 g/mol. The first kappa shape index (κ1) is 21.2. The first-order valence-electron chi connectivity index (χ1n) is 11.0. The summed E-state index contributed by atoms with van der Waals surface area (Å²) in [5.41, 5.74) is 1.57. The zero-order chi connectivity index (χ0) is 21.3. The molecule has 2 aliphatic carbocycles. The maximum Gasteiger partial charge on any atom is 0.387 e. The zero-order valence-corrected chi connectivity index (χ0v) is 17.2. The fraction of sp³-hybridized carbons (Fsp3) is 0.520. The zero-order valence-electron chi connectivity index (χ0n) is 17.2. The van der Waals surface area contributed by atoms with Gasteiger partial charge in [0.25, 0.3) is 0 Å². The predicted octanol–water partition coefficient (Wildman–Crippen LogP) is 7.94. The molecule has 30 heavy (non-hydrogen) atoms. The Balaban J connectivity index is 1.48. The van der Waals surface area contributed by atoms with E-state index in [9.17, 15) is 17.6 Å². The third-order valence-corrected chi connectivity index (χ3v) is 7.22. The number of ether oxygens (including phenoxy) is 1. The second-order valence-electron chi connectivity index (χ2n) is 8.88. The number of rotatable bonds is 5. The third-order valence-electron chi connectivity index (χ3n) is 7.22. The van der Waals surface area contributed by atoms with E-state index in [0.29, 0.717) is 11.5 Å². The van der Waals surface area contributed by atoms with E-state index >= 15 is 0 Å². The van der Waals surface area contributed by atoms with Gasteiger partial charge in [0.05, 0.1) is 0 Å². The molecule has 0 N–H and O–H groups in total. The van der Waals surface area contributed by atoms with Crippen molar-refractivity contribution in [2.75, 3.05) is 0 Å². The Morgan fingerprint density at radius 1 is 0.900 bits per heavy atom. The summed E-state index contributed by atoms with van der Waals surface area (Å²) in [4.78, 5) is 0. The average Bonchev–Trinajstić information content (AvgIpc) is 2.74. The van der Waals surface area contributed by atoms with Crippen molar-refractivity contribution in [2.45, 2.75) is 64.4 Å². The van der Waals surface area contributed by atoms with Crippen LogP contribution in [0.25, 0.3) is 11.1 Å². The molecule has 2 aromatic rings. The van der Waals surface area contributed by atoms with Crippen molar-refractivity contribution in [1.29, 1.82) is 0 Å². The van der Waals surface area contributed by atoms with Gasteiger partial charge in [0.15, 0.2) is 11.6 Å². The first-order valence-corrected chi connectivity index (χ1v) is 11.0. The van der Waals surface area contributed by atoms with Crippen LogP contribution in [-0.4, -0.2) is 6.61 Å². The van der Waals surface area contributed by atoms with Crippen molar-refractivity contribution in [2.24, 2.45) is 17.8 Å². The lowest BCUT2D eigenvalue weighted by atomic mass is 9.63. The Kier molecular flexibility index (Phi) is 6.35. The summed E-state index contributed by atoms with van der Waals surface area (Å²) >= 11 is 0. The number of alkyl halides is 2. The van der Waals surface area contributed by atoms with Gasteiger partial charge in [0.1, 0.15) is 5.82 Å². The Morgan fingerprint density at radius 2 is 1.67 bits per heavy atom. The molecule has 4 unspecified atom stereocenters. The van der Waals surface area contributed by atoms with Crippen molar-refractivity contribution in [3.63, 3.8) is 0 Å². The highest BCUT2D eigenvalue weighted by atomic mass is 19.3. The monoisotopic (exact) mass is 420 g/mol. The van der Waals surface area contributed by atoms with Crippen LogP contribution in [0, 0.1) is 29.4 Å². The molecular weight excluding hydrogens is 392 g/mol. The Morgan fingerprint density at radius 3 is 2.37 bits per heavy atom. The van der Waals surface area contributed by atoms with E-state index in [4.69, 9.17) is 0 Å². The lowest BCUT2D eigenvalue weighted by molar-refractivity contribution is -0.0521. The molecule has 0 radical (unpaired) electrons. The van der Waals surface area contributed by atoms with E-state index in [0.717, 1.165) is 48.3 Å². The molecule has 2 aromatic carbocycles. The highest BCUT2D eigenvalue weighted by Crippen LogP contribution is 2.48. The molecule has 2 saturated carbocycles. The summed E-state index contributed by atoms with van der Waals surface area (Å²) < 4.78 is 57.6. The van der Waals surface area contributed by atoms with Gasteiger partial charge >= 0.3 is 6.61 Å². The number of benzene rings is 2. The summed E-state index contributed by atoms with van der Waals surface area (Å²) in [6.07, 6.45) is 8.64. The van der Waals surface area contributed by atoms with Gasteiger partial charge < -0.3 is 4.74 Å².